The fourth-order valence-corrected chi connectivity index (χ4v) is 1.96. The highest BCUT2D eigenvalue weighted by atomic mass is 16.4. The SMILES string of the molecule is CNCC(=O)c1ccc2oc(=O)n(C(C)C)c2c1. The molecule has 2 aromatic rings. The van der Waals surface area contributed by atoms with Crippen LogP contribution >= 0.6 is 0 Å². The highest BCUT2D eigenvalue weighted by molar-refractivity contribution is 6.00. The second-order valence-electron chi connectivity index (χ2n) is 4.47. The van der Waals surface area contributed by atoms with Gasteiger partial charge in [0.1, 0.15) is 0 Å². The number of carbonyl (C=O) groups excluding carboxylic acids is 1. The van der Waals surface area contributed by atoms with Crippen molar-refractivity contribution in [3.8, 4) is 0 Å². The molecule has 0 aliphatic rings. The summed E-state index contributed by atoms with van der Waals surface area (Å²) in [7, 11) is 1.72. The first-order valence-corrected chi connectivity index (χ1v) is 5.87. The van der Waals surface area contributed by atoms with Crippen LogP contribution in [0, 0.1) is 0 Å². The van der Waals surface area contributed by atoms with E-state index in [-0.39, 0.29) is 18.4 Å². The summed E-state index contributed by atoms with van der Waals surface area (Å²) in [6.45, 7) is 4.08. The Bertz CT molecular complexity index is 637. The predicted molar refractivity (Wildman–Crippen MR) is 69.1 cm³/mol. The number of nitrogens with one attached hydrogen (secondary N) is 1. The quantitative estimate of drug-likeness (QED) is 0.834. The molecular weight excluding hydrogens is 232 g/mol. The molecule has 2 rings (SSSR count). The molecule has 1 aromatic heterocycles. The van der Waals surface area contributed by atoms with Crippen molar-refractivity contribution in [3.05, 3.63) is 34.3 Å². The lowest BCUT2D eigenvalue weighted by molar-refractivity contribution is 0.0993. The van der Waals surface area contributed by atoms with Crippen molar-refractivity contribution in [3.63, 3.8) is 0 Å². The minimum Gasteiger partial charge on any atom is -0.408 e. The number of ketones is 1. The summed E-state index contributed by atoms with van der Waals surface area (Å²) in [5.74, 6) is -0.401. The van der Waals surface area contributed by atoms with Crippen molar-refractivity contribution in [1.82, 2.24) is 9.88 Å². The molecule has 0 bridgehead atoms. The Kier molecular flexibility index (Phi) is 3.34. The Hall–Kier alpha value is -1.88. The van der Waals surface area contributed by atoms with Crippen LogP contribution in [0.3, 0.4) is 0 Å². The molecule has 0 saturated heterocycles. The molecule has 96 valence electrons. The lowest BCUT2D eigenvalue weighted by Gasteiger charge is -2.06. The molecule has 0 atom stereocenters. The van der Waals surface area contributed by atoms with E-state index < -0.39 is 5.76 Å². The van der Waals surface area contributed by atoms with Crippen molar-refractivity contribution in [2.75, 3.05) is 13.6 Å². The van der Waals surface area contributed by atoms with E-state index in [4.69, 9.17) is 4.42 Å². The Balaban J connectivity index is 2.59. The number of rotatable bonds is 4. The average Bonchev–Trinajstić information content (AvgIpc) is 2.64. The number of Topliss-reactive ketones (excluding diaryl/α,β-unsaturated/α-hetero) is 1. The van der Waals surface area contributed by atoms with Crippen LogP contribution < -0.4 is 11.1 Å². The molecule has 5 nitrogen and oxygen atoms in total. The average molecular weight is 248 g/mol. The van der Waals surface area contributed by atoms with Gasteiger partial charge in [-0.05, 0) is 39.1 Å². The molecule has 1 N–H and O–H groups in total. The molecule has 0 aliphatic carbocycles. The first-order valence-electron chi connectivity index (χ1n) is 5.87. The lowest BCUT2D eigenvalue weighted by Crippen LogP contribution is -2.19. The molecule has 5 heteroatoms. The van der Waals surface area contributed by atoms with Crippen LogP contribution in [0.5, 0.6) is 0 Å². The van der Waals surface area contributed by atoms with Crippen LogP contribution in [0.2, 0.25) is 0 Å². The highest BCUT2D eigenvalue weighted by Gasteiger charge is 2.14. The zero-order chi connectivity index (χ0) is 13.3. The fourth-order valence-electron chi connectivity index (χ4n) is 1.96. The molecule has 0 amide bonds. The number of likely N-dealkylation sites (N-methyl/N-ethyl adjacent to an activating group) is 1. The first-order chi connectivity index (χ1) is 8.54. The molecule has 1 aromatic carbocycles. The highest BCUT2D eigenvalue weighted by Crippen LogP contribution is 2.18. The third-order valence-electron chi connectivity index (χ3n) is 2.79. The van der Waals surface area contributed by atoms with Crippen LogP contribution in [0.25, 0.3) is 11.1 Å². The van der Waals surface area contributed by atoms with Crippen molar-refractivity contribution in [2.24, 2.45) is 0 Å². The summed E-state index contributed by atoms with van der Waals surface area (Å²) in [4.78, 5) is 23.5. The largest absolute Gasteiger partial charge is 0.420 e. The topological polar surface area (TPSA) is 64.2 Å². The maximum atomic E-state index is 11.8. The summed E-state index contributed by atoms with van der Waals surface area (Å²) in [5, 5.41) is 2.82. The van der Waals surface area contributed by atoms with Crippen LogP contribution in [0.4, 0.5) is 0 Å². The first kappa shape index (κ1) is 12.6. The minimum absolute atomic E-state index is 0.00611. The van der Waals surface area contributed by atoms with Gasteiger partial charge in [0.15, 0.2) is 11.4 Å². The van der Waals surface area contributed by atoms with E-state index in [1.165, 1.54) is 0 Å². The Morgan fingerprint density at radius 3 is 2.78 bits per heavy atom. The predicted octanol–water partition coefficient (Wildman–Crippen LogP) is 1.58. The summed E-state index contributed by atoms with van der Waals surface area (Å²) >= 11 is 0. The molecule has 0 aliphatic heterocycles. The van der Waals surface area contributed by atoms with E-state index >= 15 is 0 Å². The van der Waals surface area contributed by atoms with Crippen molar-refractivity contribution < 1.29 is 9.21 Å². The van der Waals surface area contributed by atoms with Crippen LogP contribution in [-0.2, 0) is 0 Å². The summed E-state index contributed by atoms with van der Waals surface area (Å²) in [6.07, 6.45) is 0. The number of aromatic nitrogens is 1. The zero-order valence-corrected chi connectivity index (χ0v) is 10.7. The summed E-state index contributed by atoms with van der Waals surface area (Å²) in [5.41, 5.74) is 1.75. The van der Waals surface area contributed by atoms with Gasteiger partial charge in [0.05, 0.1) is 12.1 Å². The molecule has 0 unspecified atom stereocenters. The van der Waals surface area contributed by atoms with Gasteiger partial charge in [-0.2, -0.15) is 0 Å². The number of hydrogen-bond acceptors (Lipinski definition) is 4. The van der Waals surface area contributed by atoms with E-state index in [0.717, 1.165) is 0 Å². The number of oxazole rings is 1. The van der Waals surface area contributed by atoms with E-state index in [1.54, 1.807) is 29.8 Å². The van der Waals surface area contributed by atoms with Crippen molar-refractivity contribution in [2.45, 2.75) is 19.9 Å². The molecule has 0 fully saturated rings. The second-order valence-corrected chi connectivity index (χ2v) is 4.47. The zero-order valence-electron chi connectivity index (χ0n) is 10.7. The molecule has 1 heterocycles. The smallest absolute Gasteiger partial charge is 0.408 e. The normalized spacial score (nSPS) is 11.3. The van der Waals surface area contributed by atoms with Crippen molar-refractivity contribution in [1.29, 1.82) is 0 Å². The van der Waals surface area contributed by atoms with Gasteiger partial charge in [-0.3, -0.25) is 9.36 Å². The number of carbonyl (C=O) groups is 1. The second kappa shape index (κ2) is 4.78. The van der Waals surface area contributed by atoms with Gasteiger partial charge in [0.25, 0.3) is 0 Å². The van der Waals surface area contributed by atoms with Crippen LogP contribution in [0.15, 0.2) is 27.4 Å². The molecular formula is C13H16N2O3. The van der Waals surface area contributed by atoms with Gasteiger partial charge in [0.2, 0.25) is 0 Å². The van der Waals surface area contributed by atoms with Crippen LogP contribution in [-0.4, -0.2) is 23.9 Å². The molecule has 18 heavy (non-hydrogen) atoms. The van der Waals surface area contributed by atoms with Gasteiger partial charge in [0, 0.05) is 11.6 Å². The van der Waals surface area contributed by atoms with Gasteiger partial charge < -0.3 is 9.73 Å². The van der Waals surface area contributed by atoms with E-state index in [0.29, 0.717) is 16.7 Å². The van der Waals surface area contributed by atoms with Crippen molar-refractivity contribution >= 4 is 16.9 Å². The third kappa shape index (κ3) is 2.09. The maximum absolute atomic E-state index is 11.8. The van der Waals surface area contributed by atoms with Gasteiger partial charge in [-0.1, -0.05) is 0 Å². The van der Waals surface area contributed by atoms with Gasteiger partial charge >= 0.3 is 5.76 Å². The molecule has 0 saturated carbocycles. The number of fused-ring (bicyclic) bond motifs is 1. The van der Waals surface area contributed by atoms with Gasteiger partial charge in [-0.25, -0.2) is 4.79 Å². The maximum Gasteiger partial charge on any atom is 0.420 e. The number of benzene rings is 1. The monoisotopic (exact) mass is 248 g/mol. The van der Waals surface area contributed by atoms with E-state index in [2.05, 4.69) is 5.32 Å². The summed E-state index contributed by atoms with van der Waals surface area (Å²) in [6, 6.07) is 5.04. The summed E-state index contributed by atoms with van der Waals surface area (Å²) < 4.78 is 6.68. The fraction of sp³-hybridized carbons (Fsp3) is 0.385. The lowest BCUT2D eigenvalue weighted by atomic mass is 10.1. The number of nitrogens with zero attached hydrogens (tertiary/aromatic N) is 1. The Morgan fingerprint density at radius 2 is 2.17 bits per heavy atom. The minimum atomic E-state index is -0.391. The Labute approximate surface area is 104 Å². The standard InChI is InChI=1S/C13H16N2O3/c1-8(2)15-10-6-9(11(16)7-14-3)4-5-12(10)18-13(15)17/h4-6,8,14H,7H2,1-3H3. The van der Waals surface area contributed by atoms with Gasteiger partial charge in [-0.15, -0.1) is 0 Å². The number of hydrogen-bond donors (Lipinski definition) is 1. The Morgan fingerprint density at radius 1 is 1.44 bits per heavy atom. The van der Waals surface area contributed by atoms with E-state index in [1.807, 2.05) is 13.8 Å². The third-order valence-corrected chi connectivity index (χ3v) is 2.79. The van der Waals surface area contributed by atoms with Crippen LogP contribution in [0.1, 0.15) is 30.2 Å². The molecule has 0 radical (unpaired) electrons. The molecule has 0 spiro atoms. The van der Waals surface area contributed by atoms with E-state index in [9.17, 15) is 9.59 Å².